The molecule has 6 nitrogen and oxygen atoms in total. The highest BCUT2D eigenvalue weighted by atomic mass is 16.5. The Balaban J connectivity index is 1.85. The number of hydrogen-bond donors (Lipinski definition) is 2. The first-order valence-corrected chi connectivity index (χ1v) is 8.40. The Labute approximate surface area is 151 Å². The van der Waals surface area contributed by atoms with E-state index in [9.17, 15) is 9.59 Å². The molecule has 0 bridgehead atoms. The third-order valence-electron chi connectivity index (χ3n) is 3.86. The van der Waals surface area contributed by atoms with Crippen LogP contribution in [0.25, 0.3) is 10.9 Å². The molecule has 0 unspecified atom stereocenters. The van der Waals surface area contributed by atoms with Gasteiger partial charge in [0, 0.05) is 10.9 Å². The summed E-state index contributed by atoms with van der Waals surface area (Å²) in [6.07, 6.45) is -0.735. The number of esters is 1. The molecule has 0 radical (unpaired) electrons. The standard InChI is InChI=1S/C20H20N2O4/c1-3-25-20(24)18-17(15-11-7-8-12-16(15)21-18)22-19(23)13(2)26-14-9-5-4-6-10-14/h4-13,21H,3H2,1-2H3,(H,22,23)/t13-/m0/s1. The molecule has 0 aliphatic rings. The number of para-hydroxylation sites is 2. The predicted molar refractivity (Wildman–Crippen MR) is 99.4 cm³/mol. The third-order valence-corrected chi connectivity index (χ3v) is 3.86. The molecule has 1 amide bonds. The van der Waals surface area contributed by atoms with Crippen molar-refractivity contribution in [2.45, 2.75) is 20.0 Å². The minimum atomic E-state index is -0.735. The average Bonchev–Trinajstić information content (AvgIpc) is 3.01. The summed E-state index contributed by atoms with van der Waals surface area (Å²) in [5, 5.41) is 3.53. The second kappa shape index (κ2) is 7.74. The summed E-state index contributed by atoms with van der Waals surface area (Å²) in [6, 6.07) is 16.4. The van der Waals surface area contributed by atoms with E-state index in [-0.39, 0.29) is 18.2 Å². The van der Waals surface area contributed by atoms with E-state index >= 15 is 0 Å². The van der Waals surface area contributed by atoms with Gasteiger partial charge in [0.25, 0.3) is 5.91 Å². The molecular weight excluding hydrogens is 332 g/mol. The molecule has 0 spiro atoms. The van der Waals surface area contributed by atoms with Gasteiger partial charge in [0.15, 0.2) is 6.10 Å². The second-order valence-corrected chi connectivity index (χ2v) is 5.70. The number of amides is 1. The van der Waals surface area contributed by atoms with Gasteiger partial charge in [-0.05, 0) is 32.0 Å². The average molecular weight is 352 g/mol. The summed E-state index contributed by atoms with van der Waals surface area (Å²) in [6.45, 7) is 3.63. The van der Waals surface area contributed by atoms with Crippen LogP contribution in [0.1, 0.15) is 24.3 Å². The van der Waals surface area contributed by atoms with Crippen molar-refractivity contribution in [3.05, 3.63) is 60.3 Å². The zero-order valence-corrected chi connectivity index (χ0v) is 14.6. The van der Waals surface area contributed by atoms with Crippen LogP contribution in [0.3, 0.4) is 0 Å². The highest BCUT2D eigenvalue weighted by molar-refractivity contribution is 6.11. The first-order valence-electron chi connectivity index (χ1n) is 8.40. The number of aromatic amines is 1. The van der Waals surface area contributed by atoms with E-state index in [2.05, 4.69) is 10.3 Å². The van der Waals surface area contributed by atoms with Gasteiger partial charge in [-0.1, -0.05) is 36.4 Å². The molecule has 0 saturated heterocycles. The molecule has 0 aliphatic heterocycles. The van der Waals surface area contributed by atoms with E-state index in [0.29, 0.717) is 11.4 Å². The van der Waals surface area contributed by atoms with Crippen molar-refractivity contribution in [1.82, 2.24) is 4.98 Å². The van der Waals surface area contributed by atoms with Crippen molar-refractivity contribution >= 4 is 28.5 Å². The molecule has 1 heterocycles. The van der Waals surface area contributed by atoms with Crippen molar-refractivity contribution in [2.75, 3.05) is 11.9 Å². The van der Waals surface area contributed by atoms with Crippen molar-refractivity contribution in [3.8, 4) is 5.75 Å². The lowest BCUT2D eigenvalue weighted by molar-refractivity contribution is -0.122. The fourth-order valence-electron chi connectivity index (χ4n) is 2.61. The topological polar surface area (TPSA) is 80.4 Å². The molecule has 3 aromatic rings. The molecule has 134 valence electrons. The molecule has 1 atom stereocenters. The van der Waals surface area contributed by atoms with Gasteiger partial charge in [-0.2, -0.15) is 0 Å². The Bertz CT molecular complexity index is 918. The van der Waals surface area contributed by atoms with Crippen LogP contribution in [0.4, 0.5) is 5.69 Å². The molecule has 26 heavy (non-hydrogen) atoms. The first kappa shape index (κ1) is 17.5. The second-order valence-electron chi connectivity index (χ2n) is 5.70. The minimum absolute atomic E-state index is 0.216. The Morgan fingerprint density at radius 1 is 1.08 bits per heavy atom. The number of carbonyl (C=O) groups excluding carboxylic acids is 2. The summed E-state index contributed by atoms with van der Waals surface area (Å²) in [7, 11) is 0. The highest BCUT2D eigenvalue weighted by Gasteiger charge is 2.23. The summed E-state index contributed by atoms with van der Waals surface area (Å²) in [5.74, 6) is -0.278. The number of fused-ring (bicyclic) bond motifs is 1. The van der Waals surface area contributed by atoms with E-state index in [0.717, 1.165) is 10.9 Å². The summed E-state index contributed by atoms with van der Waals surface area (Å²) in [5.41, 5.74) is 1.35. The third kappa shape index (κ3) is 3.69. The molecule has 0 aliphatic carbocycles. The van der Waals surface area contributed by atoms with Crippen LogP contribution in [0.5, 0.6) is 5.75 Å². The zero-order chi connectivity index (χ0) is 18.5. The predicted octanol–water partition coefficient (Wildman–Crippen LogP) is 3.75. The number of carbonyl (C=O) groups is 2. The zero-order valence-electron chi connectivity index (χ0n) is 14.6. The van der Waals surface area contributed by atoms with Gasteiger partial charge < -0.3 is 19.8 Å². The van der Waals surface area contributed by atoms with Crippen LogP contribution >= 0.6 is 0 Å². The van der Waals surface area contributed by atoms with Crippen molar-refractivity contribution in [3.63, 3.8) is 0 Å². The number of hydrogen-bond acceptors (Lipinski definition) is 4. The smallest absolute Gasteiger partial charge is 0.356 e. The summed E-state index contributed by atoms with van der Waals surface area (Å²) >= 11 is 0. The lowest BCUT2D eigenvalue weighted by Crippen LogP contribution is -2.30. The molecule has 1 aromatic heterocycles. The van der Waals surface area contributed by atoms with Crippen molar-refractivity contribution in [1.29, 1.82) is 0 Å². The molecule has 0 saturated carbocycles. The summed E-state index contributed by atoms with van der Waals surface area (Å²) in [4.78, 5) is 27.8. The van der Waals surface area contributed by atoms with Crippen LogP contribution in [0.2, 0.25) is 0 Å². The molecule has 3 rings (SSSR count). The lowest BCUT2D eigenvalue weighted by atomic mass is 10.2. The Hall–Kier alpha value is -3.28. The van der Waals surface area contributed by atoms with Crippen LogP contribution in [-0.4, -0.2) is 29.6 Å². The monoisotopic (exact) mass is 352 g/mol. The number of H-pyrrole nitrogens is 1. The largest absolute Gasteiger partial charge is 0.481 e. The van der Waals surface area contributed by atoms with Crippen LogP contribution in [0, 0.1) is 0 Å². The first-order chi connectivity index (χ1) is 12.6. The van der Waals surface area contributed by atoms with Gasteiger partial charge in [-0.3, -0.25) is 4.79 Å². The number of ether oxygens (including phenoxy) is 2. The number of aromatic nitrogens is 1. The molecular formula is C20H20N2O4. The fourth-order valence-corrected chi connectivity index (χ4v) is 2.61. The quantitative estimate of drug-likeness (QED) is 0.662. The van der Waals surface area contributed by atoms with Gasteiger partial charge in [-0.25, -0.2) is 4.79 Å². The maximum absolute atomic E-state index is 12.6. The molecule has 6 heteroatoms. The van der Waals surface area contributed by atoms with E-state index in [4.69, 9.17) is 9.47 Å². The number of rotatable bonds is 6. The van der Waals surface area contributed by atoms with Crippen molar-refractivity contribution < 1.29 is 19.1 Å². The van der Waals surface area contributed by atoms with Crippen LogP contribution in [-0.2, 0) is 9.53 Å². The summed E-state index contributed by atoms with van der Waals surface area (Å²) < 4.78 is 10.7. The number of benzene rings is 2. The van der Waals surface area contributed by atoms with Gasteiger partial charge in [-0.15, -0.1) is 0 Å². The minimum Gasteiger partial charge on any atom is -0.481 e. The maximum atomic E-state index is 12.6. The van der Waals surface area contributed by atoms with Gasteiger partial charge in [0.1, 0.15) is 11.4 Å². The SMILES string of the molecule is CCOC(=O)c1[nH]c2ccccc2c1NC(=O)[C@H](C)Oc1ccccc1. The highest BCUT2D eigenvalue weighted by Crippen LogP contribution is 2.28. The van der Waals surface area contributed by atoms with E-state index in [1.807, 2.05) is 42.5 Å². The lowest BCUT2D eigenvalue weighted by Gasteiger charge is -2.15. The van der Waals surface area contributed by atoms with Crippen molar-refractivity contribution in [2.24, 2.45) is 0 Å². The van der Waals surface area contributed by atoms with E-state index < -0.39 is 12.1 Å². The van der Waals surface area contributed by atoms with Crippen LogP contribution < -0.4 is 10.1 Å². The fraction of sp³-hybridized carbons (Fsp3) is 0.200. The Morgan fingerprint density at radius 3 is 2.50 bits per heavy atom. The normalized spacial score (nSPS) is 11.8. The molecule has 0 fully saturated rings. The molecule has 2 N–H and O–H groups in total. The number of nitrogens with one attached hydrogen (secondary N) is 2. The van der Waals surface area contributed by atoms with Gasteiger partial charge in [0.2, 0.25) is 0 Å². The molecule has 2 aromatic carbocycles. The Morgan fingerprint density at radius 2 is 1.77 bits per heavy atom. The van der Waals surface area contributed by atoms with Gasteiger partial charge >= 0.3 is 5.97 Å². The van der Waals surface area contributed by atoms with Crippen LogP contribution in [0.15, 0.2) is 54.6 Å². The van der Waals surface area contributed by atoms with E-state index in [1.165, 1.54) is 0 Å². The number of anilines is 1. The van der Waals surface area contributed by atoms with E-state index in [1.54, 1.807) is 26.0 Å². The Kier molecular flexibility index (Phi) is 5.22. The maximum Gasteiger partial charge on any atom is 0.356 e. The van der Waals surface area contributed by atoms with Gasteiger partial charge in [0.05, 0.1) is 12.3 Å².